The van der Waals surface area contributed by atoms with Crippen molar-refractivity contribution >= 4 is 5.97 Å². The molecule has 86 valence electrons. The lowest BCUT2D eigenvalue weighted by atomic mass is 9.90. The van der Waals surface area contributed by atoms with Crippen LogP contribution in [0.4, 0.5) is 4.39 Å². The molecule has 3 nitrogen and oxygen atoms in total. The van der Waals surface area contributed by atoms with Gasteiger partial charge in [-0.15, -0.1) is 0 Å². The maximum Gasteiger partial charge on any atom is 0.335 e. The zero-order valence-electron chi connectivity index (χ0n) is 8.78. The van der Waals surface area contributed by atoms with E-state index in [1.165, 1.54) is 6.07 Å². The molecule has 0 atom stereocenters. The minimum absolute atomic E-state index is 0.0153. The number of carboxylic acids is 1. The van der Waals surface area contributed by atoms with Gasteiger partial charge in [-0.25, -0.2) is 9.18 Å². The molecule has 4 heteroatoms. The average molecular weight is 224 g/mol. The van der Waals surface area contributed by atoms with Crippen molar-refractivity contribution in [3.63, 3.8) is 0 Å². The molecule has 0 unspecified atom stereocenters. The van der Waals surface area contributed by atoms with Crippen LogP contribution < -0.4 is 0 Å². The summed E-state index contributed by atoms with van der Waals surface area (Å²) in [5, 5.41) is 8.84. The number of ether oxygens (including phenoxy) is 1. The largest absolute Gasteiger partial charge is 0.478 e. The van der Waals surface area contributed by atoms with Gasteiger partial charge in [0.15, 0.2) is 0 Å². The molecule has 1 heterocycles. The van der Waals surface area contributed by atoms with Gasteiger partial charge in [0, 0.05) is 13.2 Å². The molecule has 16 heavy (non-hydrogen) atoms. The minimum Gasteiger partial charge on any atom is -0.478 e. The molecule has 0 saturated carbocycles. The van der Waals surface area contributed by atoms with E-state index >= 15 is 0 Å². The molecule has 1 aliphatic rings. The van der Waals surface area contributed by atoms with Crippen molar-refractivity contribution in [2.24, 2.45) is 0 Å². The van der Waals surface area contributed by atoms with Crippen LogP contribution in [0.15, 0.2) is 18.2 Å². The van der Waals surface area contributed by atoms with Crippen molar-refractivity contribution in [1.82, 2.24) is 0 Å². The maximum atomic E-state index is 13.2. The fourth-order valence-electron chi connectivity index (χ4n) is 2.00. The predicted octanol–water partition coefficient (Wildman–Crippen LogP) is 2.42. The summed E-state index contributed by atoms with van der Waals surface area (Å²) in [6.07, 6.45) is 1.64. The molecule has 0 aromatic heterocycles. The SMILES string of the molecule is O=C(O)c1cc(F)cc(C2CCOCC2)c1. The van der Waals surface area contributed by atoms with E-state index in [9.17, 15) is 9.18 Å². The second kappa shape index (κ2) is 4.61. The summed E-state index contributed by atoms with van der Waals surface area (Å²) < 4.78 is 18.5. The van der Waals surface area contributed by atoms with E-state index in [1.54, 1.807) is 6.07 Å². The lowest BCUT2D eigenvalue weighted by Gasteiger charge is -2.22. The van der Waals surface area contributed by atoms with E-state index in [0.29, 0.717) is 13.2 Å². The monoisotopic (exact) mass is 224 g/mol. The van der Waals surface area contributed by atoms with E-state index in [0.717, 1.165) is 24.5 Å². The Kier molecular flexibility index (Phi) is 3.19. The third-order valence-corrected chi connectivity index (χ3v) is 2.86. The molecule has 1 saturated heterocycles. The number of benzene rings is 1. The van der Waals surface area contributed by atoms with Gasteiger partial charge in [0.25, 0.3) is 0 Å². The van der Waals surface area contributed by atoms with Crippen LogP contribution in [0.1, 0.15) is 34.7 Å². The summed E-state index contributed by atoms with van der Waals surface area (Å²) in [7, 11) is 0. The van der Waals surface area contributed by atoms with Gasteiger partial charge in [-0.05, 0) is 42.5 Å². The van der Waals surface area contributed by atoms with Gasteiger partial charge >= 0.3 is 5.97 Å². The Morgan fingerprint density at radius 1 is 1.31 bits per heavy atom. The van der Waals surface area contributed by atoms with Gasteiger partial charge in [0.2, 0.25) is 0 Å². The van der Waals surface area contributed by atoms with Crippen LogP contribution in [0.3, 0.4) is 0 Å². The number of aromatic carboxylic acids is 1. The van der Waals surface area contributed by atoms with Crippen LogP contribution in [-0.2, 0) is 4.74 Å². The molecule has 1 aromatic carbocycles. The standard InChI is InChI=1S/C12H13FO3/c13-11-6-9(5-10(7-11)12(14)15)8-1-3-16-4-2-8/h5-8H,1-4H2,(H,14,15). The first-order chi connectivity index (χ1) is 7.66. The minimum atomic E-state index is -1.09. The molecule has 1 fully saturated rings. The van der Waals surface area contributed by atoms with Crippen molar-refractivity contribution in [2.45, 2.75) is 18.8 Å². The van der Waals surface area contributed by atoms with Crippen molar-refractivity contribution in [1.29, 1.82) is 0 Å². The van der Waals surface area contributed by atoms with Gasteiger partial charge in [0.1, 0.15) is 5.82 Å². The second-order valence-electron chi connectivity index (χ2n) is 3.97. The normalized spacial score (nSPS) is 17.3. The van der Waals surface area contributed by atoms with Crippen LogP contribution in [0.2, 0.25) is 0 Å². The van der Waals surface area contributed by atoms with Crippen molar-refractivity contribution < 1.29 is 19.0 Å². The van der Waals surface area contributed by atoms with E-state index in [1.807, 2.05) is 0 Å². The summed E-state index contributed by atoms with van der Waals surface area (Å²) in [5.74, 6) is -1.36. The van der Waals surface area contributed by atoms with Crippen LogP contribution in [0.25, 0.3) is 0 Å². The fraction of sp³-hybridized carbons (Fsp3) is 0.417. The van der Waals surface area contributed by atoms with E-state index in [-0.39, 0.29) is 11.5 Å². The lowest BCUT2D eigenvalue weighted by molar-refractivity contribution is 0.0695. The molecule has 1 aliphatic heterocycles. The van der Waals surface area contributed by atoms with Crippen molar-refractivity contribution in [3.8, 4) is 0 Å². The molecular weight excluding hydrogens is 211 g/mol. The van der Waals surface area contributed by atoms with Gasteiger partial charge in [-0.3, -0.25) is 0 Å². The van der Waals surface area contributed by atoms with E-state index < -0.39 is 11.8 Å². The molecule has 0 bridgehead atoms. The van der Waals surface area contributed by atoms with Crippen molar-refractivity contribution in [2.75, 3.05) is 13.2 Å². The summed E-state index contributed by atoms with van der Waals surface area (Å²) in [4.78, 5) is 10.8. The Morgan fingerprint density at radius 2 is 2.00 bits per heavy atom. The zero-order chi connectivity index (χ0) is 11.5. The van der Waals surface area contributed by atoms with Crippen LogP contribution >= 0.6 is 0 Å². The highest BCUT2D eigenvalue weighted by Gasteiger charge is 2.18. The molecule has 1 aromatic rings. The maximum absolute atomic E-state index is 13.2. The number of hydrogen-bond acceptors (Lipinski definition) is 2. The molecular formula is C12H13FO3. The molecule has 1 N–H and O–H groups in total. The highest BCUT2D eigenvalue weighted by Crippen LogP contribution is 2.28. The van der Waals surface area contributed by atoms with Gasteiger partial charge < -0.3 is 9.84 Å². The van der Waals surface area contributed by atoms with E-state index in [4.69, 9.17) is 9.84 Å². The Labute approximate surface area is 92.9 Å². The van der Waals surface area contributed by atoms with Gasteiger partial charge in [-0.1, -0.05) is 0 Å². The topological polar surface area (TPSA) is 46.5 Å². The van der Waals surface area contributed by atoms with Gasteiger partial charge in [-0.2, -0.15) is 0 Å². The number of halogens is 1. The Hall–Kier alpha value is -1.42. The molecule has 0 aliphatic carbocycles. The number of carboxylic acid groups (broad SMARTS) is 1. The second-order valence-corrected chi connectivity index (χ2v) is 3.97. The Bertz CT molecular complexity index is 397. The number of rotatable bonds is 2. The molecule has 0 radical (unpaired) electrons. The summed E-state index contributed by atoms with van der Waals surface area (Å²) >= 11 is 0. The third kappa shape index (κ3) is 2.39. The first-order valence-electron chi connectivity index (χ1n) is 5.28. The Morgan fingerprint density at radius 3 is 2.62 bits per heavy atom. The summed E-state index contributed by atoms with van der Waals surface area (Å²) in [6.45, 7) is 1.31. The Balaban J connectivity index is 2.28. The quantitative estimate of drug-likeness (QED) is 0.839. The average Bonchev–Trinajstić information content (AvgIpc) is 2.29. The van der Waals surface area contributed by atoms with Crippen LogP contribution in [-0.4, -0.2) is 24.3 Å². The van der Waals surface area contributed by atoms with Gasteiger partial charge in [0.05, 0.1) is 5.56 Å². The lowest BCUT2D eigenvalue weighted by Crippen LogP contribution is -2.14. The number of carbonyl (C=O) groups is 1. The highest BCUT2D eigenvalue weighted by molar-refractivity contribution is 5.87. The highest BCUT2D eigenvalue weighted by atomic mass is 19.1. The smallest absolute Gasteiger partial charge is 0.335 e. The van der Waals surface area contributed by atoms with Crippen LogP contribution in [0.5, 0.6) is 0 Å². The summed E-state index contributed by atoms with van der Waals surface area (Å²) in [5.41, 5.74) is 0.780. The first-order valence-corrected chi connectivity index (χ1v) is 5.28. The van der Waals surface area contributed by atoms with Crippen molar-refractivity contribution in [3.05, 3.63) is 35.1 Å². The zero-order valence-corrected chi connectivity index (χ0v) is 8.78. The third-order valence-electron chi connectivity index (χ3n) is 2.86. The summed E-state index contributed by atoms with van der Waals surface area (Å²) in [6, 6.07) is 4.02. The van der Waals surface area contributed by atoms with E-state index in [2.05, 4.69) is 0 Å². The molecule has 2 rings (SSSR count). The fourth-order valence-corrected chi connectivity index (χ4v) is 2.00. The molecule has 0 spiro atoms. The predicted molar refractivity (Wildman–Crippen MR) is 56.2 cm³/mol. The molecule has 0 amide bonds. The van der Waals surface area contributed by atoms with Crippen LogP contribution in [0, 0.1) is 5.82 Å². The first kappa shape index (κ1) is 11.1. The number of hydrogen-bond donors (Lipinski definition) is 1.